The normalized spacial score (nSPS) is 25.6. The maximum Gasteiger partial charge on any atom is 0.130 e. The summed E-state index contributed by atoms with van der Waals surface area (Å²) in [6.07, 6.45) is 3.53. The number of rotatable bonds is 3. The third-order valence-electron chi connectivity index (χ3n) is 4.82. The summed E-state index contributed by atoms with van der Waals surface area (Å²) in [6, 6.07) is 4.22. The molecule has 2 atom stereocenters. The lowest BCUT2D eigenvalue weighted by atomic mass is 10.0. The van der Waals surface area contributed by atoms with Gasteiger partial charge in [-0.3, -0.25) is 9.80 Å². The molecule has 0 amide bonds. The van der Waals surface area contributed by atoms with Crippen molar-refractivity contribution in [2.45, 2.75) is 31.3 Å². The molecule has 2 aliphatic heterocycles. The van der Waals surface area contributed by atoms with Crippen LogP contribution in [0.15, 0.2) is 18.2 Å². The van der Waals surface area contributed by atoms with Crippen LogP contribution in [0.5, 0.6) is 0 Å². The molecule has 3 nitrogen and oxygen atoms in total. The highest BCUT2D eigenvalue weighted by Crippen LogP contribution is 2.28. The fraction of sp³-hybridized carbons (Fsp3) is 0.625. The molecule has 0 aliphatic carbocycles. The Kier molecular flexibility index (Phi) is 4.52. The molecule has 1 aromatic carbocycles. The van der Waals surface area contributed by atoms with Crippen molar-refractivity contribution in [1.29, 1.82) is 0 Å². The summed E-state index contributed by atoms with van der Waals surface area (Å²) in [4.78, 5) is 4.82. The molecule has 116 valence electrons. The van der Waals surface area contributed by atoms with Crippen molar-refractivity contribution in [2.75, 3.05) is 32.7 Å². The van der Waals surface area contributed by atoms with Crippen LogP contribution < -0.4 is 5.73 Å². The van der Waals surface area contributed by atoms with Crippen LogP contribution in [0.3, 0.4) is 0 Å². The fourth-order valence-corrected chi connectivity index (χ4v) is 3.76. The molecular weight excluding hydrogens is 272 g/mol. The zero-order chi connectivity index (χ0) is 14.8. The Morgan fingerprint density at radius 2 is 2.00 bits per heavy atom. The van der Waals surface area contributed by atoms with Crippen LogP contribution in [-0.4, -0.2) is 48.6 Å². The van der Waals surface area contributed by atoms with Gasteiger partial charge in [-0.1, -0.05) is 6.07 Å². The SMILES string of the molecule is NCC(c1ccc(F)cc1F)N1CCCN2CCCC2C1. The van der Waals surface area contributed by atoms with Crippen LogP contribution in [0.2, 0.25) is 0 Å². The molecule has 5 heteroatoms. The van der Waals surface area contributed by atoms with Gasteiger partial charge in [0.25, 0.3) is 0 Å². The Morgan fingerprint density at radius 1 is 1.19 bits per heavy atom. The fourth-order valence-electron chi connectivity index (χ4n) is 3.76. The van der Waals surface area contributed by atoms with E-state index in [0.29, 0.717) is 18.2 Å². The summed E-state index contributed by atoms with van der Waals surface area (Å²) in [7, 11) is 0. The molecule has 0 aromatic heterocycles. The first-order valence-electron chi connectivity index (χ1n) is 7.82. The first kappa shape index (κ1) is 14.9. The second-order valence-corrected chi connectivity index (χ2v) is 6.10. The molecule has 21 heavy (non-hydrogen) atoms. The highest BCUT2D eigenvalue weighted by atomic mass is 19.1. The van der Waals surface area contributed by atoms with Crippen LogP contribution in [0.4, 0.5) is 8.78 Å². The lowest BCUT2D eigenvalue weighted by Gasteiger charge is -2.32. The highest BCUT2D eigenvalue weighted by Gasteiger charge is 2.32. The molecule has 1 aromatic rings. The van der Waals surface area contributed by atoms with Crippen molar-refractivity contribution < 1.29 is 8.78 Å². The summed E-state index contributed by atoms with van der Waals surface area (Å²) in [5.41, 5.74) is 6.43. The Labute approximate surface area is 124 Å². The average molecular weight is 295 g/mol. The zero-order valence-electron chi connectivity index (χ0n) is 12.3. The number of halogens is 2. The van der Waals surface area contributed by atoms with Gasteiger partial charge in [0.05, 0.1) is 0 Å². The third kappa shape index (κ3) is 3.10. The van der Waals surface area contributed by atoms with Crippen LogP contribution >= 0.6 is 0 Å². The van der Waals surface area contributed by atoms with Crippen LogP contribution in [0.25, 0.3) is 0 Å². The standard InChI is InChI=1S/C16H23F2N3/c17-12-4-5-14(15(18)9-12)16(10-19)21-8-2-7-20-6-1-3-13(20)11-21/h4-5,9,13,16H,1-3,6-8,10-11,19H2. The van der Waals surface area contributed by atoms with Crippen molar-refractivity contribution >= 4 is 0 Å². The molecule has 2 fully saturated rings. The quantitative estimate of drug-likeness (QED) is 0.927. The topological polar surface area (TPSA) is 32.5 Å². The van der Waals surface area contributed by atoms with Gasteiger partial charge in [-0.2, -0.15) is 0 Å². The number of nitrogens with two attached hydrogens (primary N) is 1. The number of hydrogen-bond donors (Lipinski definition) is 1. The molecule has 2 unspecified atom stereocenters. The predicted molar refractivity (Wildman–Crippen MR) is 78.9 cm³/mol. The van der Waals surface area contributed by atoms with E-state index in [-0.39, 0.29) is 6.04 Å². The zero-order valence-corrected chi connectivity index (χ0v) is 12.3. The number of nitrogens with zero attached hydrogens (tertiary/aromatic N) is 2. The van der Waals surface area contributed by atoms with Gasteiger partial charge in [-0.15, -0.1) is 0 Å². The van der Waals surface area contributed by atoms with E-state index >= 15 is 0 Å². The van der Waals surface area contributed by atoms with Gasteiger partial charge in [0.2, 0.25) is 0 Å². The van der Waals surface area contributed by atoms with E-state index in [1.807, 2.05) is 0 Å². The van der Waals surface area contributed by atoms with E-state index in [9.17, 15) is 8.78 Å². The molecule has 2 heterocycles. The summed E-state index contributed by atoms with van der Waals surface area (Å²) in [6.45, 7) is 4.50. The van der Waals surface area contributed by atoms with E-state index in [1.54, 1.807) is 6.07 Å². The molecule has 3 rings (SSSR count). The van der Waals surface area contributed by atoms with Crippen molar-refractivity contribution in [1.82, 2.24) is 9.80 Å². The first-order chi connectivity index (χ1) is 10.2. The lowest BCUT2D eigenvalue weighted by molar-refractivity contribution is 0.173. The van der Waals surface area contributed by atoms with E-state index < -0.39 is 11.6 Å². The maximum atomic E-state index is 14.1. The minimum atomic E-state index is -0.537. The third-order valence-corrected chi connectivity index (χ3v) is 4.82. The Balaban J connectivity index is 1.81. The summed E-state index contributed by atoms with van der Waals surface area (Å²) >= 11 is 0. The Bertz CT molecular complexity index is 494. The van der Waals surface area contributed by atoms with Crippen molar-refractivity contribution in [3.8, 4) is 0 Å². The van der Waals surface area contributed by atoms with E-state index in [0.717, 1.165) is 32.1 Å². The number of fused-ring (bicyclic) bond motifs is 1. The molecular formula is C16H23F2N3. The van der Waals surface area contributed by atoms with Gasteiger partial charge < -0.3 is 5.73 Å². The second kappa shape index (κ2) is 6.38. The molecule has 0 radical (unpaired) electrons. The minimum absolute atomic E-state index is 0.161. The smallest absolute Gasteiger partial charge is 0.130 e. The van der Waals surface area contributed by atoms with Gasteiger partial charge in [0.1, 0.15) is 11.6 Å². The number of benzene rings is 1. The monoisotopic (exact) mass is 295 g/mol. The number of hydrogen-bond acceptors (Lipinski definition) is 3. The van der Waals surface area contributed by atoms with Crippen molar-refractivity contribution in [2.24, 2.45) is 5.73 Å². The minimum Gasteiger partial charge on any atom is -0.329 e. The maximum absolute atomic E-state index is 14.1. The van der Waals surface area contributed by atoms with Crippen LogP contribution in [0, 0.1) is 11.6 Å². The molecule has 2 saturated heterocycles. The van der Waals surface area contributed by atoms with E-state index in [4.69, 9.17) is 5.73 Å². The summed E-state index contributed by atoms with van der Waals surface area (Å²) in [5, 5.41) is 0. The highest BCUT2D eigenvalue weighted by molar-refractivity contribution is 5.23. The lowest BCUT2D eigenvalue weighted by Crippen LogP contribution is -2.41. The van der Waals surface area contributed by atoms with Gasteiger partial charge in [-0.05, 0) is 38.4 Å². The van der Waals surface area contributed by atoms with E-state index in [2.05, 4.69) is 9.80 Å². The second-order valence-electron chi connectivity index (χ2n) is 6.10. The average Bonchev–Trinajstić information content (AvgIpc) is 2.80. The van der Waals surface area contributed by atoms with Gasteiger partial charge in [0.15, 0.2) is 0 Å². The predicted octanol–water partition coefficient (Wildman–Crippen LogP) is 2.13. The molecule has 0 spiro atoms. The van der Waals surface area contributed by atoms with Gasteiger partial charge in [-0.25, -0.2) is 8.78 Å². The molecule has 2 N–H and O–H groups in total. The molecule has 0 saturated carbocycles. The molecule has 2 aliphatic rings. The first-order valence-corrected chi connectivity index (χ1v) is 7.82. The van der Waals surface area contributed by atoms with Crippen LogP contribution in [0.1, 0.15) is 30.9 Å². The van der Waals surface area contributed by atoms with Crippen molar-refractivity contribution in [3.63, 3.8) is 0 Å². The van der Waals surface area contributed by atoms with Crippen LogP contribution in [-0.2, 0) is 0 Å². The van der Waals surface area contributed by atoms with Crippen molar-refractivity contribution in [3.05, 3.63) is 35.4 Å². The summed E-state index contributed by atoms with van der Waals surface area (Å²) < 4.78 is 27.2. The molecule has 0 bridgehead atoms. The Morgan fingerprint density at radius 3 is 2.76 bits per heavy atom. The van der Waals surface area contributed by atoms with Gasteiger partial charge >= 0.3 is 0 Å². The summed E-state index contributed by atoms with van der Waals surface area (Å²) in [5.74, 6) is -1.03. The van der Waals surface area contributed by atoms with E-state index in [1.165, 1.54) is 25.5 Å². The largest absolute Gasteiger partial charge is 0.329 e. The van der Waals surface area contributed by atoms with Gasteiger partial charge in [0, 0.05) is 43.3 Å². The Hall–Kier alpha value is -1.04.